The van der Waals surface area contributed by atoms with Crippen molar-refractivity contribution >= 4 is 23.4 Å². The Kier molecular flexibility index (Phi) is 5.13. The lowest BCUT2D eigenvalue weighted by atomic mass is 10.1. The van der Waals surface area contributed by atoms with Gasteiger partial charge in [-0.15, -0.1) is 0 Å². The van der Waals surface area contributed by atoms with Crippen LogP contribution >= 0.6 is 11.8 Å². The third-order valence-corrected chi connectivity index (χ3v) is 5.32. The second kappa shape index (κ2) is 6.66. The zero-order valence-corrected chi connectivity index (χ0v) is 14.0. The predicted molar refractivity (Wildman–Crippen MR) is 89.0 cm³/mol. The van der Waals surface area contributed by atoms with Gasteiger partial charge in [0.25, 0.3) is 0 Å². The molecule has 0 aromatic carbocycles. The second-order valence-corrected chi connectivity index (χ2v) is 6.82. The van der Waals surface area contributed by atoms with Crippen LogP contribution in [-0.4, -0.2) is 40.1 Å². The molecule has 0 amide bonds. The molecule has 112 valence electrons. The first-order valence-corrected chi connectivity index (χ1v) is 8.62. The summed E-state index contributed by atoms with van der Waals surface area (Å²) in [4.78, 5) is 11.9. The Hall–Kier alpha value is -0.970. The van der Waals surface area contributed by atoms with E-state index in [1.165, 1.54) is 11.3 Å². The quantitative estimate of drug-likeness (QED) is 0.924. The minimum absolute atomic E-state index is 0.515. The molecule has 1 N–H and O–H groups in total. The van der Waals surface area contributed by atoms with Crippen LogP contribution in [0.4, 0.5) is 11.6 Å². The van der Waals surface area contributed by atoms with E-state index >= 15 is 0 Å². The fourth-order valence-electron chi connectivity index (χ4n) is 2.56. The highest BCUT2D eigenvalue weighted by Gasteiger charge is 2.28. The van der Waals surface area contributed by atoms with Crippen LogP contribution in [-0.2, 0) is 6.42 Å². The van der Waals surface area contributed by atoms with Crippen LogP contribution in [0.2, 0.25) is 0 Å². The maximum atomic E-state index is 4.81. The zero-order valence-electron chi connectivity index (χ0n) is 13.2. The van der Waals surface area contributed by atoms with E-state index in [0.29, 0.717) is 11.3 Å². The van der Waals surface area contributed by atoms with Crippen molar-refractivity contribution in [3.05, 3.63) is 11.4 Å². The highest BCUT2D eigenvalue weighted by molar-refractivity contribution is 8.00. The molecule has 2 unspecified atom stereocenters. The SMILES string of the molecule is CCNc1nc(CC)nc(N2CCSC(C)C2C)c1C. The Morgan fingerprint density at radius 3 is 2.70 bits per heavy atom. The molecule has 1 aliphatic rings. The smallest absolute Gasteiger partial charge is 0.137 e. The topological polar surface area (TPSA) is 41.1 Å². The first kappa shape index (κ1) is 15.4. The molecule has 2 rings (SSSR count). The molecule has 0 saturated carbocycles. The lowest BCUT2D eigenvalue weighted by Gasteiger charge is -2.39. The summed E-state index contributed by atoms with van der Waals surface area (Å²) in [5, 5.41) is 4.02. The molecular formula is C15H26N4S. The van der Waals surface area contributed by atoms with E-state index in [0.717, 1.165) is 37.0 Å². The van der Waals surface area contributed by atoms with Gasteiger partial charge in [0, 0.05) is 42.1 Å². The molecule has 1 aromatic heterocycles. The first-order valence-electron chi connectivity index (χ1n) is 7.58. The average Bonchev–Trinajstić information content (AvgIpc) is 2.45. The normalized spacial score (nSPS) is 22.9. The molecule has 5 heteroatoms. The van der Waals surface area contributed by atoms with Crippen LogP contribution in [0.15, 0.2) is 0 Å². The largest absolute Gasteiger partial charge is 0.370 e. The lowest BCUT2D eigenvalue weighted by Crippen LogP contribution is -2.45. The number of anilines is 2. The molecular weight excluding hydrogens is 268 g/mol. The van der Waals surface area contributed by atoms with Crippen molar-refractivity contribution in [2.24, 2.45) is 0 Å². The van der Waals surface area contributed by atoms with Crippen molar-refractivity contribution in [2.45, 2.75) is 52.3 Å². The highest BCUT2D eigenvalue weighted by atomic mass is 32.2. The standard InChI is InChI=1S/C15H26N4S/c1-6-13-17-14(16-7-2)10(3)15(18-13)19-8-9-20-12(5)11(19)4/h11-12H,6-9H2,1-5H3,(H,16,17,18). The van der Waals surface area contributed by atoms with Gasteiger partial charge in [-0.05, 0) is 20.8 Å². The molecule has 1 saturated heterocycles. The molecule has 1 aliphatic heterocycles. The van der Waals surface area contributed by atoms with Gasteiger partial charge in [-0.3, -0.25) is 0 Å². The van der Waals surface area contributed by atoms with Gasteiger partial charge in [-0.25, -0.2) is 9.97 Å². The number of aromatic nitrogens is 2. The van der Waals surface area contributed by atoms with E-state index in [1.54, 1.807) is 0 Å². The summed E-state index contributed by atoms with van der Waals surface area (Å²) in [6, 6.07) is 0.515. The maximum absolute atomic E-state index is 4.81. The lowest BCUT2D eigenvalue weighted by molar-refractivity contribution is 0.616. The maximum Gasteiger partial charge on any atom is 0.137 e. The van der Waals surface area contributed by atoms with E-state index in [-0.39, 0.29) is 0 Å². The van der Waals surface area contributed by atoms with Crippen molar-refractivity contribution in [1.82, 2.24) is 9.97 Å². The Bertz CT molecular complexity index is 463. The third kappa shape index (κ3) is 3.03. The number of thioether (sulfide) groups is 1. The Labute approximate surface area is 126 Å². The van der Waals surface area contributed by atoms with Crippen LogP contribution in [0.3, 0.4) is 0 Å². The van der Waals surface area contributed by atoms with Gasteiger partial charge < -0.3 is 10.2 Å². The van der Waals surface area contributed by atoms with E-state index in [1.807, 2.05) is 0 Å². The minimum atomic E-state index is 0.515. The molecule has 4 nitrogen and oxygen atoms in total. The number of nitrogens with zero attached hydrogens (tertiary/aromatic N) is 3. The summed E-state index contributed by atoms with van der Waals surface area (Å²) < 4.78 is 0. The molecule has 2 atom stereocenters. The minimum Gasteiger partial charge on any atom is -0.370 e. The number of hydrogen-bond acceptors (Lipinski definition) is 5. The van der Waals surface area contributed by atoms with Gasteiger partial charge in [0.2, 0.25) is 0 Å². The summed E-state index contributed by atoms with van der Waals surface area (Å²) >= 11 is 2.05. The van der Waals surface area contributed by atoms with Crippen molar-refractivity contribution in [3.63, 3.8) is 0 Å². The van der Waals surface area contributed by atoms with Gasteiger partial charge >= 0.3 is 0 Å². The van der Waals surface area contributed by atoms with E-state index in [9.17, 15) is 0 Å². The summed E-state index contributed by atoms with van der Waals surface area (Å²) in [5.74, 6) is 4.21. The first-order chi connectivity index (χ1) is 9.58. The molecule has 1 aromatic rings. The van der Waals surface area contributed by atoms with Crippen LogP contribution in [0.5, 0.6) is 0 Å². The molecule has 1 fully saturated rings. The number of rotatable bonds is 4. The van der Waals surface area contributed by atoms with Gasteiger partial charge in [0.05, 0.1) is 0 Å². The number of aryl methyl sites for hydroxylation is 1. The molecule has 0 aliphatic carbocycles. The molecule has 0 spiro atoms. The molecule has 2 heterocycles. The third-order valence-electron chi connectivity index (χ3n) is 3.98. The van der Waals surface area contributed by atoms with E-state index < -0.39 is 0 Å². The predicted octanol–water partition coefficient (Wildman–Crippen LogP) is 3.11. The Morgan fingerprint density at radius 2 is 2.05 bits per heavy atom. The molecule has 0 radical (unpaired) electrons. The fraction of sp³-hybridized carbons (Fsp3) is 0.733. The fourth-order valence-corrected chi connectivity index (χ4v) is 3.66. The summed E-state index contributed by atoms with van der Waals surface area (Å²) in [7, 11) is 0. The van der Waals surface area contributed by atoms with Crippen molar-refractivity contribution in [3.8, 4) is 0 Å². The van der Waals surface area contributed by atoms with Crippen LogP contribution in [0.25, 0.3) is 0 Å². The van der Waals surface area contributed by atoms with E-state index in [4.69, 9.17) is 4.98 Å². The summed E-state index contributed by atoms with van der Waals surface area (Å²) in [6.07, 6.45) is 0.873. The van der Waals surface area contributed by atoms with Gasteiger partial charge in [0.1, 0.15) is 17.5 Å². The van der Waals surface area contributed by atoms with Crippen molar-refractivity contribution in [2.75, 3.05) is 29.1 Å². The van der Waals surface area contributed by atoms with Crippen LogP contribution in [0, 0.1) is 6.92 Å². The van der Waals surface area contributed by atoms with Crippen LogP contribution < -0.4 is 10.2 Å². The molecule has 0 bridgehead atoms. The Morgan fingerprint density at radius 1 is 1.30 bits per heavy atom. The van der Waals surface area contributed by atoms with Crippen LogP contribution in [0.1, 0.15) is 39.1 Å². The van der Waals surface area contributed by atoms with Gasteiger partial charge in [-0.2, -0.15) is 11.8 Å². The van der Waals surface area contributed by atoms with Crippen molar-refractivity contribution in [1.29, 1.82) is 0 Å². The van der Waals surface area contributed by atoms with Gasteiger partial charge in [0.15, 0.2) is 0 Å². The highest BCUT2D eigenvalue weighted by Crippen LogP contribution is 2.31. The monoisotopic (exact) mass is 294 g/mol. The molecule has 20 heavy (non-hydrogen) atoms. The zero-order chi connectivity index (χ0) is 14.7. The summed E-state index contributed by atoms with van der Waals surface area (Å²) in [5.41, 5.74) is 1.18. The number of nitrogens with one attached hydrogen (secondary N) is 1. The van der Waals surface area contributed by atoms with E-state index in [2.05, 4.69) is 61.6 Å². The van der Waals surface area contributed by atoms with Gasteiger partial charge in [-0.1, -0.05) is 13.8 Å². The number of hydrogen-bond donors (Lipinski definition) is 1. The van der Waals surface area contributed by atoms with Crippen molar-refractivity contribution < 1.29 is 0 Å². The summed E-state index contributed by atoms with van der Waals surface area (Å²) in [6.45, 7) is 12.9. The average molecular weight is 294 g/mol. The Balaban J connectivity index is 2.41. The second-order valence-electron chi connectivity index (χ2n) is 5.33.